The fraction of sp³-hybridized carbons (Fsp3) is 0.250. The second-order valence-electron chi connectivity index (χ2n) is 7.72. The van der Waals surface area contributed by atoms with Gasteiger partial charge < -0.3 is 5.32 Å². The van der Waals surface area contributed by atoms with Crippen LogP contribution in [0.15, 0.2) is 42.7 Å². The number of halogens is 1. The smallest absolute Gasteiger partial charge is 0.253 e. The topological polar surface area (TPSA) is 59.0 Å². The number of anilines is 1. The van der Waals surface area contributed by atoms with Gasteiger partial charge in [0.15, 0.2) is 0 Å². The Hall–Kier alpha value is -3.23. The van der Waals surface area contributed by atoms with E-state index in [1.54, 1.807) is 12.4 Å². The Morgan fingerprint density at radius 3 is 2.97 bits per heavy atom. The first kappa shape index (κ1) is 18.8. The number of benzene rings is 1. The van der Waals surface area contributed by atoms with Crippen LogP contribution in [0.1, 0.15) is 40.0 Å². The molecule has 0 radical (unpaired) electrons. The Kier molecular flexibility index (Phi) is 4.72. The van der Waals surface area contributed by atoms with Crippen molar-refractivity contribution in [1.29, 1.82) is 0 Å². The first-order chi connectivity index (χ1) is 14.6. The van der Waals surface area contributed by atoms with Gasteiger partial charge in [0.25, 0.3) is 5.91 Å². The van der Waals surface area contributed by atoms with Crippen molar-refractivity contribution >= 4 is 23.2 Å². The predicted molar refractivity (Wildman–Crippen MR) is 119 cm³/mol. The van der Waals surface area contributed by atoms with Crippen LogP contribution in [0.25, 0.3) is 11.3 Å². The molecule has 1 aliphatic carbocycles. The molecule has 1 aliphatic heterocycles. The molecular formula is C24H21ClN4O. The number of nitrogens with zero attached hydrogens (tertiary/aromatic N) is 2. The molecule has 1 amide bonds. The summed E-state index contributed by atoms with van der Waals surface area (Å²) in [5, 5.41) is 3.63. The lowest BCUT2D eigenvalue weighted by Crippen LogP contribution is -2.33. The van der Waals surface area contributed by atoms with Crippen molar-refractivity contribution in [1.82, 2.24) is 15.0 Å². The first-order valence-corrected chi connectivity index (χ1v) is 10.5. The quantitative estimate of drug-likeness (QED) is 0.621. The molecule has 2 N–H and O–H groups in total. The summed E-state index contributed by atoms with van der Waals surface area (Å²) in [6.45, 7) is 2.59. The minimum atomic E-state index is -0.0551. The molecule has 0 bridgehead atoms. The van der Waals surface area contributed by atoms with Gasteiger partial charge in [0, 0.05) is 41.9 Å². The highest BCUT2D eigenvalue weighted by molar-refractivity contribution is 6.31. The van der Waals surface area contributed by atoms with E-state index in [9.17, 15) is 4.79 Å². The Bertz CT molecular complexity index is 1210. The standard InChI is InChI=1S/C24H21ClN4O/c1-15-20(25)3-2-4-21(15)28-29-22-10-12-27-24(30)19(22)13-23(29)18-9-11-26-14-17(18)8-7-16-5-6-16/h2-4,9,11,13-14,16,28H,5-6,10,12H2,1H3,(H,27,30). The number of hydrogen-bond acceptors (Lipinski definition) is 3. The molecular weight excluding hydrogens is 396 g/mol. The summed E-state index contributed by atoms with van der Waals surface area (Å²) in [6, 6.07) is 9.67. The molecule has 1 saturated carbocycles. The molecule has 150 valence electrons. The fourth-order valence-corrected chi connectivity index (χ4v) is 3.86. The molecule has 5 rings (SSSR count). The third kappa shape index (κ3) is 3.44. The lowest BCUT2D eigenvalue weighted by atomic mass is 10.1. The summed E-state index contributed by atoms with van der Waals surface area (Å²) in [4.78, 5) is 16.8. The number of hydrogen-bond donors (Lipinski definition) is 2. The van der Waals surface area contributed by atoms with E-state index in [0.717, 1.165) is 40.2 Å². The third-order valence-electron chi connectivity index (χ3n) is 5.58. The van der Waals surface area contributed by atoms with E-state index in [2.05, 4.69) is 27.6 Å². The van der Waals surface area contributed by atoms with Gasteiger partial charge in [-0.1, -0.05) is 29.5 Å². The van der Waals surface area contributed by atoms with Gasteiger partial charge in [-0.15, -0.1) is 0 Å². The average molecular weight is 417 g/mol. The number of nitrogens with one attached hydrogen (secondary N) is 2. The molecule has 5 nitrogen and oxygen atoms in total. The maximum absolute atomic E-state index is 12.6. The monoisotopic (exact) mass is 416 g/mol. The van der Waals surface area contributed by atoms with Crippen LogP contribution < -0.4 is 10.7 Å². The second-order valence-corrected chi connectivity index (χ2v) is 8.13. The van der Waals surface area contributed by atoms with E-state index in [1.807, 2.05) is 41.9 Å². The van der Waals surface area contributed by atoms with Crippen molar-refractivity contribution < 1.29 is 4.79 Å². The van der Waals surface area contributed by atoms with Crippen LogP contribution in [0.4, 0.5) is 5.69 Å². The molecule has 0 atom stereocenters. The van der Waals surface area contributed by atoms with Gasteiger partial charge in [0.2, 0.25) is 0 Å². The summed E-state index contributed by atoms with van der Waals surface area (Å²) < 4.78 is 2.00. The number of carbonyl (C=O) groups is 1. The van der Waals surface area contributed by atoms with Crippen molar-refractivity contribution in [2.24, 2.45) is 5.92 Å². The molecule has 3 aromatic rings. The molecule has 2 aromatic heterocycles. The highest BCUT2D eigenvalue weighted by atomic mass is 35.5. The molecule has 6 heteroatoms. The van der Waals surface area contributed by atoms with Gasteiger partial charge in [-0.3, -0.25) is 19.9 Å². The molecule has 0 unspecified atom stereocenters. The summed E-state index contributed by atoms with van der Waals surface area (Å²) in [5.74, 6) is 7.07. The van der Waals surface area contributed by atoms with Crippen LogP contribution in [-0.2, 0) is 6.42 Å². The van der Waals surface area contributed by atoms with Gasteiger partial charge in [-0.05, 0) is 49.6 Å². The van der Waals surface area contributed by atoms with Crippen LogP contribution in [0.5, 0.6) is 0 Å². The number of amides is 1. The number of pyridine rings is 1. The molecule has 2 aliphatic rings. The first-order valence-electron chi connectivity index (χ1n) is 10.1. The number of rotatable bonds is 3. The van der Waals surface area contributed by atoms with Crippen molar-refractivity contribution in [3.8, 4) is 23.1 Å². The SMILES string of the molecule is Cc1c(Cl)cccc1Nn1c(-c2ccncc2C#CC2CC2)cc2c1CCNC2=O. The van der Waals surface area contributed by atoms with Crippen LogP contribution in [-0.4, -0.2) is 22.1 Å². The number of aromatic nitrogens is 2. The van der Waals surface area contributed by atoms with Crippen molar-refractivity contribution in [2.45, 2.75) is 26.2 Å². The number of fused-ring (bicyclic) bond motifs is 1. The van der Waals surface area contributed by atoms with Crippen LogP contribution in [0.3, 0.4) is 0 Å². The zero-order chi connectivity index (χ0) is 20.7. The highest BCUT2D eigenvalue weighted by Gasteiger charge is 2.26. The average Bonchev–Trinajstić information content (AvgIpc) is 3.51. The minimum Gasteiger partial charge on any atom is -0.352 e. The van der Waals surface area contributed by atoms with E-state index >= 15 is 0 Å². The molecule has 0 spiro atoms. The zero-order valence-electron chi connectivity index (χ0n) is 16.6. The Morgan fingerprint density at radius 2 is 2.13 bits per heavy atom. The predicted octanol–water partition coefficient (Wildman–Crippen LogP) is 4.43. The lowest BCUT2D eigenvalue weighted by Gasteiger charge is -2.20. The maximum atomic E-state index is 12.6. The Labute approximate surface area is 180 Å². The van der Waals surface area contributed by atoms with Crippen molar-refractivity contribution in [3.05, 3.63) is 70.1 Å². The highest BCUT2D eigenvalue weighted by Crippen LogP contribution is 2.32. The second kappa shape index (κ2) is 7.55. The molecule has 30 heavy (non-hydrogen) atoms. The molecule has 1 aromatic carbocycles. The number of carbonyl (C=O) groups excluding carboxylic acids is 1. The van der Waals surface area contributed by atoms with Gasteiger partial charge in [0.05, 0.1) is 28.2 Å². The van der Waals surface area contributed by atoms with Crippen molar-refractivity contribution in [3.63, 3.8) is 0 Å². The summed E-state index contributed by atoms with van der Waals surface area (Å²) in [5.41, 5.74) is 9.69. The van der Waals surface area contributed by atoms with Gasteiger partial charge >= 0.3 is 0 Å². The van der Waals surface area contributed by atoms with E-state index in [-0.39, 0.29) is 5.91 Å². The van der Waals surface area contributed by atoms with Crippen molar-refractivity contribution in [2.75, 3.05) is 12.0 Å². The van der Waals surface area contributed by atoms with Gasteiger partial charge in [-0.25, -0.2) is 0 Å². The summed E-state index contributed by atoms with van der Waals surface area (Å²) in [6.07, 6.45) is 6.64. The normalized spacial score (nSPS) is 15.1. The fourth-order valence-electron chi connectivity index (χ4n) is 3.68. The van der Waals surface area contributed by atoms with Gasteiger partial charge in [0.1, 0.15) is 0 Å². The maximum Gasteiger partial charge on any atom is 0.253 e. The van der Waals surface area contributed by atoms with Crippen LogP contribution >= 0.6 is 11.6 Å². The van der Waals surface area contributed by atoms with Crippen LogP contribution in [0, 0.1) is 24.7 Å². The Balaban J connectivity index is 1.67. The molecule has 0 saturated heterocycles. The third-order valence-corrected chi connectivity index (χ3v) is 5.99. The van der Waals surface area contributed by atoms with E-state index < -0.39 is 0 Å². The summed E-state index contributed by atoms with van der Waals surface area (Å²) >= 11 is 6.34. The molecule has 1 fully saturated rings. The molecule has 3 heterocycles. The zero-order valence-corrected chi connectivity index (χ0v) is 17.4. The van der Waals surface area contributed by atoms with E-state index in [4.69, 9.17) is 11.6 Å². The van der Waals surface area contributed by atoms with E-state index in [0.29, 0.717) is 23.0 Å². The largest absolute Gasteiger partial charge is 0.352 e. The lowest BCUT2D eigenvalue weighted by molar-refractivity contribution is 0.0945. The van der Waals surface area contributed by atoms with E-state index in [1.165, 1.54) is 12.8 Å². The minimum absolute atomic E-state index is 0.0551. The Morgan fingerprint density at radius 1 is 1.27 bits per heavy atom. The van der Waals surface area contributed by atoms with Crippen LogP contribution in [0.2, 0.25) is 5.02 Å². The summed E-state index contributed by atoms with van der Waals surface area (Å²) in [7, 11) is 0. The van der Waals surface area contributed by atoms with Gasteiger partial charge in [-0.2, -0.15) is 0 Å².